The highest BCUT2D eigenvalue weighted by atomic mass is 35.5. The number of aromatic nitrogens is 2. The summed E-state index contributed by atoms with van der Waals surface area (Å²) in [7, 11) is 0. The molecule has 1 atom stereocenters. The predicted octanol–water partition coefficient (Wildman–Crippen LogP) is 4.19. The van der Waals surface area contributed by atoms with E-state index < -0.39 is 5.60 Å². The predicted molar refractivity (Wildman–Crippen MR) is 90.6 cm³/mol. The summed E-state index contributed by atoms with van der Waals surface area (Å²) in [5.41, 5.74) is 1.40. The number of imidazole rings is 1. The molecule has 2 aromatic carbocycles. The average molecular weight is 336 g/mol. The molecule has 6 heteroatoms. The van der Waals surface area contributed by atoms with Gasteiger partial charge >= 0.3 is 0 Å². The van der Waals surface area contributed by atoms with Gasteiger partial charge in [-0.05, 0) is 36.8 Å². The molecule has 22 heavy (non-hydrogen) atoms. The number of para-hydroxylation sites is 2. The van der Waals surface area contributed by atoms with Crippen molar-refractivity contribution in [1.29, 1.82) is 0 Å². The van der Waals surface area contributed by atoms with Gasteiger partial charge in [-0.2, -0.15) is 0 Å². The van der Waals surface area contributed by atoms with Crippen LogP contribution < -0.4 is 5.32 Å². The Hall–Kier alpha value is -1.75. The van der Waals surface area contributed by atoms with Crippen LogP contribution in [0.3, 0.4) is 0 Å². The first-order valence-corrected chi connectivity index (χ1v) is 7.58. The van der Waals surface area contributed by atoms with Crippen LogP contribution in [0.2, 0.25) is 10.0 Å². The van der Waals surface area contributed by atoms with Crippen molar-refractivity contribution in [3.05, 3.63) is 58.1 Å². The zero-order chi connectivity index (χ0) is 15.7. The minimum atomic E-state index is -1.10. The minimum Gasteiger partial charge on any atom is -0.384 e. The molecule has 0 bridgehead atoms. The first kappa shape index (κ1) is 15.2. The average Bonchev–Trinajstić information content (AvgIpc) is 2.91. The van der Waals surface area contributed by atoms with Crippen molar-refractivity contribution in [2.24, 2.45) is 0 Å². The van der Waals surface area contributed by atoms with E-state index in [0.717, 1.165) is 11.0 Å². The Kier molecular flexibility index (Phi) is 4.00. The fraction of sp³-hybridized carbons (Fsp3) is 0.188. The second-order valence-electron chi connectivity index (χ2n) is 5.36. The van der Waals surface area contributed by atoms with Crippen molar-refractivity contribution in [2.45, 2.75) is 12.5 Å². The van der Waals surface area contributed by atoms with Crippen molar-refractivity contribution in [3.8, 4) is 0 Å². The number of anilines is 1. The highest BCUT2D eigenvalue weighted by molar-refractivity contribution is 6.42. The number of benzene rings is 2. The summed E-state index contributed by atoms with van der Waals surface area (Å²) >= 11 is 11.9. The van der Waals surface area contributed by atoms with Crippen LogP contribution in [0.5, 0.6) is 0 Å². The van der Waals surface area contributed by atoms with Crippen molar-refractivity contribution in [3.63, 3.8) is 0 Å². The summed E-state index contributed by atoms with van der Waals surface area (Å²) in [5.74, 6) is 0.613. The fourth-order valence-electron chi connectivity index (χ4n) is 2.23. The molecule has 0 fully saturated rings. The van der Waals surface area contributed by atoms with E-state index in [1.807, 2.05) is 24.3 Å². The van der Waals surface area contributed by atoms with Crippen LogP contribution in [0, 0.1) is 0 Å². The Labute approximate surface area is 138 Å². The number of rotatable bonds is 4. The molecule has 3 N–H and O–H groups in total. The van der Waals surface area contributed by atoms with Crippen LogP contribution in [-0.4, -0.2) is 21.6 Å². The third-order valence-corrected chi connectivity index (χ3v) is 4.27. The van der Waals surface area contributed by atoms with Gasteiger partial charge in [0.15, 0.2) is 0 Å². The van der Waals surface area contributed by atoms with Crippen LogP contribution in [0.4, 0.5) is 5.95 Å². The summed E-state index contributed by atoms with van der Waals surface area (Å²) in [6.45, 7) is 1.99. The highest BCUT2D eigenvalue weighted by Gasteiger charge is 2.24. The summed E-state index contributed by atoms with van der Waals surface area (Å²) in [4.78, 5) is 7.58. The molecule has 3 aromatic rings. The lowest BCUT2D eigenvalue weighted by atomic mass is 9.96. The van der Waals surface area contributed by atoms with Crippen molar-refractivity contribution in [1.82, 2.24) is 9.97 Å². The molecule has 1 heterocycles. The zero-order valence-corrected chi connectivity index (χ0v) is 13.4. The van der Waals surface area contributed by atoms with Crippen molar-refractivity contribution < 1.29 is 5.11 Å². The molecule has 0 saturated heterocycles. The van der Waals surface area contributed by atoms with E-state index in [9.17, 15) is 5.11 Å². The number of hydrogen-bond acceptors (Lipinski definition) is 3. The van der Waals surface area contributed by atoms with Gasteiger partial charge in [0.2, 0.25) is 5.95 Å². The van der Waals surface area contributed by atoms with Crippen LogP contribution in [-0.2, 0) is 5.60 Å². The van der Waals surface area contributed by atoms with E-state index >= 15 is 0 Å². The lowest BCUT2D eigenvalue weighted by Gasteiger charge is -2.24. The Balaban J connectivity index is 1.77. The maximum atomic E-state index is 10.6. The van der Waals surface area contributed by atoms with Gasteiger partial charge in [-0.15, -0.1) is 0 Å². The molecular formula is C16H15Cl2N3O. The van der Waals surface area contributed by atoms with Gasteiger partial charge in [0, 0.05) is 0 Å². The van der Waals surface area contributed by atoms with Gasteiger partial charge < -0.3 is 15.4 Å². The summed E-state index contributed by atoms with van der Waals surface area (Å²) in [6, 6.07) is 12.8. The van der Waals surface area contributed by atoms with Gasteiger partial charge in [-0.25, -0.2) is 4.98 Å². The Morgan fingerprint density at radius 2 is 1.95 bits per heavy atom. The second kappa shape index (κ2) is 5.80. The monoisotopic (exact) mass is 335 g/mol. The molecule has 4 nitrogen and oxygen atoms in total. The van der Waals surface area contributed by atoms with E-state index in [-0.39, 0.29) is 6.54 Å². The topological polar surface area (TPSA) is 60.9 Å². The SMILES string of the molecule is CC(O)(CNc1nc2ccccc2[nH]1)c1ccc(Cl)c(Cl)c1. The molecule has 3 rings (SSSR count). The summed E-state index contributed by atoms with van der Waals surface area (Å²) in [5, 5.41) is 14.6. The molecule has 0 aliphatic rings. The fourth-order valence-corrected chi connectivity index (χ4v) is 2.52. The molecule has 0 radical (unpaired) electrons. The van der Waals surface area contributed by atoms with E-state index in [1.54, 1.807) is 25.1 Å². The quantitative estimate of drug-likeness (QED) is 0.669. The van der Waals surface area contributed by atoms with E-state index in [0.29, 0.717) is 21.6 Å². The maximum absolute atomic E-state index is 10.6. The van der Waals surface area contributed by atoms with Gasteiger partial charge in [-0.1, -0.05) is 41.4 Å². The van der Waals surface area contributed by atoms with E-state index in [2.05, 4.69) is 15.3 Å². The number of fused-ring (bicyclic) bond motifs is 1. The largest absolute Gasteiger partial charge is 0.384 e. The van der Waals surface area contributed by atoms with Gasteiger partial charge in [-0.3, -0.25) is 0 Å². The van der Waals surface area contributed by atoms with Gasteiger partial charge in [0.1, 0.15) is 5.60 Å². The second-order valence-corrected chi connectivity index (χ2v) is 6.17. The van der Waals surface area contributed by atoms with Crippen LogP contribution in [0.25, 0.3) is 11.0 Å². The number of nitrogens with one attached hydrogen (secondary N) is 2. The first-order valence-electron chi connectivity index (χ1n) is 6.82. The van der Waals surface area contributed by atoms with Crippen LogP contribution in [0.1, 0.15) is 12.5 Å². The zero-order valence-electron chi connectivity index (χ0n) is 11.9. The lowest BCUT2D eigenvalue weighted by Crippen LogP contribution is -2.31. The highest BCUT2D eigenvalue weighted by Crippen LogP contribution is 2.29. The molecule has 1 unspecified atom stereocenters. The van der Waals surface area contributed by atoms with Crippen LogP contribution in [0.15, 0.2) is 42.5 Å². The summed E-state index contributed by atoms with van der Waals surface area (Å²) < 4.78 is 0. The lowest BCUT2D eigenvalue weighted by molar-refractivity contribution is 0.0714. The number of halogens is 2. The van der Waals surface area contributed by atoms with Crippen molar-refractivity contribution >= 4 is 40.2 Å². The van der Waals surface area contributed by atoms with E-state index in [1.165, 1.54) is 0 Å². The normalized spacial score (nSPS) is 14.0. The molecule has 0 saturated carbocycles. The summed E-state index contributed by atoms with van der Waals surface area (Å²) in [6.07, 6.45) is 0. The smallest absolute Gasteiger partial charge is 0.201 e. The third-order valence-electron chi connectivity index (χ3n) is 3.53. The standard InChI is InChI=1S/C16H15Cl2N3O/c1-16(22,10-6-7-11(17)12(18)8-10)9-19-15-20-13-4-2-3-5-14(13)21-15/h2-8,22H,9H2,1H3,(H2,19,20,21). The molecule has 114 valence electrons. The number of aliphatic hydroxyl groups is 1. The Bertz CT molecular complexity index is 781. The Morgan fingerprint density at radius 3 is 2.68 bits per heavy atom. The molecule has 0 aliphatic heterocycles. The Morgan fingerprint density at radius 1 is 1.18 bits per heavy atom. The maximum Gasteiger partial charge on any atom is 0.201 e. The molecular weight excluding hydrogens is 321 g/mol. The molecule has 0 spiro atoms. The van der Waals surface area contributed by atoms with Crippen LogP contribution >= 0.6 is 23.2 Å². The molecule has 0 amide bonds. The third kappa shape index (κ3) is 3.04. The van der Waals surface area contributed by atoms with Crippen molar-refractivity contribution in [2.75, 3.05) is 11.9 Å². The van der Waals surface area contributed by atoms with E-state index in [4.69, 9.17) is 23.2 Å². The van der Waals surface area contributed by atoms with Gasteiger partial charge in [0.25, 0.3) is 0 Å². The molecule has 0 aliphatic carbocycles. The molecule has 1 aromatic heterocycles. The first-order chi connectivity index (χ1) is 10.5. The number of H-pyrrole nitrogens is 1. The number of aromatic amines is 1. The number of nitrogens with zero attached hydrogens (tertiary/aromatic N) is 1. The van der Waals surface area contributed by atoms with Gasteiger partial charge in [0.05, 0.1) is 27.6 Å². The minimum absolute atomic E-state index is 0.283. The number of hydrogen-bond donors (Lipinski definition) is 3.